The summed E-state index contributed by atoms with van der Waals surface area (Å²) < 4.78 is 5.36. The SMILES string of the molecule is COC1CCN(Cc2ccc(C=CC(=O)O)s2)CC1. The van der Waals surface area contributed by atoms with Crippen LogP contribution in [0.1, 0.15) is 22.6 Å². The number of methoxy groups -OCH3 is 1. The molecule has 0 unspecified atom stereocenters. The van der Waals surface area contributed by atoms with E-state index in [-0.39, 0.29) is 0 Å². The van der Waals surface area contributed by atoms with E-state index in [0.717, 1.165) is 37.4 Å². The van der Waals surface area contributed by atoms with Gasteiger partial charge in [-0.25, -0.2) is 4.79 Å². The molecule has 1 aromatic rings. The molecule has 1 N–H and O–H groups in total. The second-order valence-electron chi connectivity index (χ2n) is 4.69. The molecule has 5 heteroatoms. The predicted molar refractivity (Wildman–Crippen MR) is 76.3 cm³/mol. The summed E-state index contributed by atoms with van der Waals surface area (Å²) in [7, 11) is 1.78. The van der Waals surface area contributed by atoms with Crippen molar-refractivity contribution in [2.24, 2.45) is 0 Å². The summed E-state index contributed by atoms with van der Waals surface area (Å²) in [6.45, 7) is 3.08. The van der Waals surface area contributed by atoms with Gasteiger partial charge in [-0.2, -0.15) is 0 Å². The number of hydrogen-bond acceptors (Lipinski definition) is 4. The fourth-order valence-corrected chi connectivity index (χ4v) is 3.20. The molecule has 2 heterocycles. The monoisotopic (exact) mass is 281 g/mol. The van der Waals surface area contributed by atoms with Crippen molar-refractivity contribution >= 4 is 23.4 Å². The normalized spacial score (nSPS) is 18.2. The van der Waals surface area contributed by atoms with Gasteiger partial charge in [0, 0.05) is 42.6 Å². The zero-order chi connectivity index (χ0) is 13.7. The number of hydrogen-bond donors (Lipinski definition) is 1. The van der Waals surface area contributed by atoms with Gasteiger partial charge in [0.05, 0.1) is 6.10 Å². The first-order valence-electron chi connectivity index (χ1n) is 6.42. The van der Waals surface area contributed by atoms with Crippen LogP contribution in [0.25, 0.3) is 6.08 Å². The van der Waals surface area contributed by atoms with E-state index in [4.69, 9.17) is 9.84 Å². The van der Waals surface area contributed by atoms with Crippen LogP contribution in [0.15, 0.2) is 18.2 Å². The molecule has 104 valence electrons. The Morgan fingerprint density at radius 1 is 1.53 bits per heavy atom. The molecule has 4 nitrogen and oxygen atoms in total. The number of rotatable bonds is 5. The number of carboxylic acids is 1. The summed E-state index contributed by atoms with van der Waals surface area (Å²) in [6, 6.07) is 4.05. The topological polar surface area (TPSA) is 49.8 Å². The van der Waals surface area contributed by atoms with Crippen LogP contribution in [-0.2, 0) is 16.1 Å². The van der Waals surface area contributed by atoms with E-state index in [1.54, 1.807) is 24.5 Å². The van der Waals surface area contributed by atoms with Gasteiger partial charge in [0.1, 0.15) is 0 Å². The Morgan fingerprint density at radius 2 is 2.26 bits per heavy atom. The average molecular weight is 281 g/mol. The van der Waals surface area contributed by atoms with Crippen molar-refractivity contribution < 1.29 is 14.6 Å². The average Bonchev–Trinajstić information content (AvgIpc) is 2.85. The van der Waals surface area contributed by atoms with Crippen molar-refractivity contribution in [1.82, 2.24) is 4.90 Å². The van der Waals surface area contributed by atoms with Crippen LogP contribution in [0, 0.1) is 0 Å². The summed E-state index contributed by atoms with van der Waals surface area (Å²) in [5, 5.41) is 8.59. The molecule has 0 aliphatic carbocycles. The van der Waals surface area contributed by atoms with Crippen LogP contribution in [-0.4, -0.2) is 42.3 Å². The van der Waals surface area contributed by atoms with E-state index in [9.17, 15) is 4.79 Å². The molecule has 1 fully saturated rings. The van der Waals surface area contributed by atoms with Gasteiger partial charge >= 0.3 is 5.97 Å². The highest BCUT2D eigenvalue weighted by Crippen LogP contribution is 2.22. The first-order chi connectivity index (χ1) is 9.17. The molecule has 0 aromatic carbocycles. The quantitative estimate of drug-likeness (QED) is 0.842. The number of piperidine rings is 1. The van der Waals surface area contributed by atoms with Crippen LogP contribution >= 0.6 is 11.3 Å². The Balaban J connectivity index is 1.85. The number of likely N-dealkylation sites (tertiary alicyclic amines) is 1. The van der Waals surface area contributed by atoms with E-state index in [1.807, 2.05) is 6.07 Å². The maximum Gasteiger partial charge on any atom is 0.328 e. The van der Waals surface area contributed by atoms with Crippen molar-refractivity contribution in [3.8, 4) is 0 Å². The highest BCUT2D eigenvalue weighted by atomic mass is 32.1. The summed E-state index contributed by atoms with van der Waals surface area (Å²) >= 11 is 1.65. The molecule has 1 aliphatic rings. The minimum Gasteiger partial charge on any atom is -0.478 e. The van der Waals surface area contributed by atoms with Gasteiger partial charge in [-0.3, -0.25) is 4.90 Å². The third-order valence-corrected chi connectivity index (χ3v) is 4.36. The maximum atomic E-state index is 10.5. The first-order valence-corrected chi connectivity index (χ1v) is 7.24. The van der Waals surface area contributed by atoms with Crippen LogP contribution in [0.2, 0.25) is 0 Å². The second-order valence-corrected chi connectivity index (χ2v) is 5.89. The smallest absolute Gasteiger partial charge is 0.328 e. The van der Waals surface area contributed by atoms with Gasteiger partial charge in [-0.1, -0.05) is 0 Å². The minimum atomic E-state index is -0.906. The molecular formula is C14H19NO3S. The lowest BCUT2D eigenvalue weighted by molar-refractivity contribution is -0.131. The number of ether oxygens (including phenoxy) is 1. The van der Waals surface area contributed by atoms with Crippen LogP contribution in [0.3, 0.4) is 0 Å². The second kappa shape index (κ2) is 6.84. The van der Waals surface area contributed by atoms with E-state index in [2.05, 4.69) is 11.0 Å². The molecule has 0 saturated carbocycles. The van der Waals surface area contributed by atoms with Gasteiger partial charge in [0.2, 0.25) is 0 Å². The zero-order valence-electron chi connectivity index (χ0n) is 11.0. The molecule has 0 radical (unpaired) electrons. The molecule has 1 aromatic heterocycles. The number of carboxylic acid groups (broad SMARTS) is 1. The van der Waals surface area contributed by atoms with Gasteiger partial charge < -0.3 is 9.84 Å². The van der Waals surface area contributed by atoms with Crippen molar-refractivity contribution in [1.29, 1.82) is 0 Å². The fourth-order valence-electron chi connectivity index (χ4n) is 2.25. The number of thiophene rings is 1. The van der Waals surface area contributed by atoms with Gasteiger partial charge in [-0.15, -0.1) is 11.3 Å². The largest absolute Gasteiger partial charge is 0.478 e. The lowest BCUT2D eigenvalue weighted by atomic mass is 10.1. The van der Waals surface area contributed by atoms with Gasteiger partial charge in [-0.05, 0) is 31.1 Å². The number of aliphatic carboxylic acids is 1. The molecular weight excluding hydrogens is 262 g/mol. The van der Waals surface area contributed by atoms with E-state index in [1.165, 1.54) is 11.0 Å². The summed E-state index contributed by atoms with van der Waals surface area (Å²) in [6.07, 6.45) is 5.42. The Labute approximate surface area is 117 Å². The molecule has 0 bridgehead atoms. The van der Waals surface area contributed by atoms with Crippen molar-refractivity contribution in [2.75, 3.05) is 20.2 Å². The maximum absolute atomic E-state index is 10.5. The standard InChI is InChI=1S/C14H19NO3S/c1-18-11-6-8-15(9-7-11)10-13-3-2-12(19-13)4-5-14(16)17/h2-5,11H,6-10H2,1H3,(H,16,17). The Bertz CT molecular complexity index is 447. The first kappa shape index (κ1) is 14.2. The van der Waals surface area contributed by atoms with Gasteiger partial charge in [0.15, 0.2) is 0 Å². The Morgan fingerprint density at radius 3 is 2.89 bits per heavy atom. The molecule has 19 heavy (non-hydrogen) atoms. The Kier molecular flexibility index (Phi) is 5.13. The van der Waals surface area contributed by atoms with Crippen molar-refractivity contribution in [3.05, 3.63) is 28.0 Å². The van der Waals surface area contributed by atoms with Crippen LogP contribution < -0.4 is 0 Å². The molecule has 1 saturated heterocycles. The molecule has 0 amide bonds. The molecule has 0 spiro atoms. The minimum absolute atomic E-state index is 0.411. The molecule has 1 aliphatic heterocycles. The van der Waals surface area contributed by atoms with E-state index in [0.29, 0.717) is 6.10 Å². The van der Waals surface area contributed by atoms with Crippen molar-refractivity contribution in [2.45, 2.75) is 25.5 Å². The highest BCUT2D eigenvalue weighted by Gasteiger charge is 2.18. The third kappa shape index (κ3) is 4.45. The zero-order valence-corrected chi connectivity index (χ0v) is 11.9. The van der Waals surface area contributed by atoms with Crippen LogP contribution in [0.5, 0.6) is 0 Å². The highest BCUT2D eigenvalue weighted by molar-refractivity contribution is 7.12. The lowest BCUT2D eigenvalue weighted by Crippen LogP contribution is -2.35. The fraction of sp³-hybridized carbons (Fsp3) is 0.500. The third-order valence-electron chi connectivity index (χ3n) is 3.32. The van der Waals surface area contributed by atoms with Crippen LogP contribution in [0.4, 0.5) is 0 Å². The Hall–Kier alpha value is -1.17. The van der Waals surface area contributed by atoms with Gasteiger partial charge in [0.25, 0.3) is 0 Å². The summed E-state index contributed by atoms with van der Waals surface area (Å²) in [4.78, 5) is 15.1. The number of nitrogens with zero attached hydrogens (tertiary/aromatic N) is 1. The summed E-state index contributed by atoms with van der Waals surface area (Å²) in [5.74, 6) is -0.906. The molecule has 0 atom stereocenters. The van der Waals surface area contributed by atoms with E-state index < -0.39 is 5.97 Å². The van der Waals surface area contributed by atoms with Crippen molar-refractivity contribution in [3.63, 3.8) is 0 Å². The summed E-state index contributed by atoms with van der Waals surface area (Å²) in [5.41, 5.74) is 0. The molecule has 2 rings (SSSR count). The lowest BCUT2D eigenvalue weighted by Gasteiger charge is -2.30. The number of carbonyl (C=O) groups is 1. The van der Waals surface area contributed by atoms with E-state index >= 15 is 0 Å². The predicted octanol–water partition coefficient (Wildman–Crippen LogP) is 2.46.